The number of esters is 1. The third-order valence-electron chi connectivity index (χ3n) is 8.18. The highest BCUT2D eigenvalue weighted by molar-refractivity contribution is 5.69. The van der Waals surface area contributed by atoms with Gasteiger partial charge in [-0.25, -0.2) is 0 Å². The van der Waals surface area contributed by atoms with Gasteiger partial charge in [0.2, 0.25) is 0 Å². The van der Waals surface area contributed by atoms with Crippen LogP contribution >= 0.6 is 0 Å². The van der Waals surface area contributed by atoms with Crippen molar-refractivity contribution >= 4 is 11.9 Å². The van der Waals surface area contributed by atoms with E-state index in [9.17, 15) is 9.59 Å². The maximum atomic E-state index is 12.5. The topological polar surface area (TPSA) is 63.6 Å². The molecule has 0 aliphatic rings. The summed E-state index contributed by atoms with van der Waals surface area (Å²) in [5.41, 5.74) is 0. The molecule has 42 heavy (non-hydrogen) atoms. The Morgan fingerprint density at radius 3 is 1.45 bits per heavy atom. The molecule has 246 valence electrons. The summed E-state index contributed by atoms with van der Waals surface area (Å²) in [6.07, 6.45) is 42.2. The lowest BCUT2D eigenvalue weighted by molar-refractivity contribution is -0.150. The van der Waals surface area contributed by atoms with Crippen molar-refractivity contribution in [2.75, 3.05) is 0 Å². The van der Waals surface area contributed by atoms with E-state index in [-0.39, 0.29) is 12.1 Å². The number of hydrogen-bond donors (Lipinski definition) is 1. The summed E-state index contributed by atoms with van der Waals surface area (Å²) in [7, 11) is 0. The van der Waals surface area contributed by atoms with Crippen molar-refractivity contribution in [1.29, 1.82) is 0 Å². The molecule has 0 aromatic heterocycles. The van der Waals surface area contributed by atoms with E-state index in [2.05, 4.69) is 38.2 Å². The van der Waals surface area contributed by atoms with E-state index in [1.165, 1.54) is 116 Å². The van der Waals surface area contributed by atoms with Crippen molar-refractivity contribution in [2.45, 2.75) is 206 Å². The molecule has 0 rings (SSSR count). The molecular formula is C38H70O4. The van der Waals surface area contributed by atoms with E-state index >= 15 is 0 Å². The minimum absolute atomic E-state index is 0.0186. The second-order valence-corrected chi connectivity index (χ2v) is 12.4. The minimum atomic E-state index is -0.673. The average molecular weight is 591 g/mol. The Morgan fingerprint density at radius 1 is 0.524 bits per heavy atom. The fourth-order valence-electron chi connectivity index (χ4n) is 5.45. The molecule has 0 amide bonds. The van der Waals surface area contributed by atoms with Gasteiger partial charge in [0.1, 0.15) is 6.10 Å². The van der Waals surface area contributed by atoms with Gasteiger partial charge < -0.3 is 9.84 Å². The number of hydrogen-bond acceptors (Lipinski definition) is 3. The lowest BCUT2D eigenvalue weighted by Crippen LogP contribution is -2.18. The smallest absolute Gasteiger partial charge is 0.306 e. The SMILES string of the molecule is CCCCC/C=C\C/C=C\CCCCCCCC(=O)OC(CCCCC)CCCCCCCCCCCCCC(=O)O. The molecule has 0 fully saturated rings. The Kier molecular flexibility index (Phi) is 32.6. The average Bonchev–Trinajstić information content (AvgIpc) is 2.97. The van der Waals surface area contributed by atoms with Crippen LogP contribution in [-0.4, -0.2) is 23.1 Å². The largest absolute Gasteiger partial charge is 0.481 e. The standard InChI is InChI=1S/C38H70O4/c1-3-5-7-8-9-10-11-12-13-14-18-21-24-27-31-35-38(41)42-36(32-28-6-4-2)33-29-25-22-19-16-15-17-20-23-26-30-34-37(39)40/h9-10,12-13,36H,3-8,11,14-35H2,1-2H3,(H,39,40)/b10-9-,13-12-. The molecule has 4 heteroatoms. The van der Waals surface area contributed by atoms with E-state index in [1.54, 1.807) is 0 Å². The summed E-state index contributed by atoms with van der Waals surface area (Å²) in [5, 5.41) is 8.67. The van der Waals surface area contributed by atoms with E-state index in [4.69, 9.17) is 9.84 Å². The van der Waals surface area contributed by atoms with E-state index in [0.717, 1.165) is 57.8 Å². The van der Waals surface area contributed by atoms with Gasteiger partial charge in [0.15, 0.2) is 0 Å². The van der Waals surface area contributed by atoms with Crippen LogP contribution in [0.3, 0.4) is 0 Å². The first-order chi connectivity index (χ1) is 20.6. The van der Waals surface area contributed by atoms with Crippen LogP contribution in [0.25, 0.3) is 0 Å². The number of carboxylic acid groups (broad SMARTS) is 1. The van der Waals surface area contributed by atoms with Gasteiger partial charge in [0.25, 0.3) is 0 Å². The molecule has 0 heterocycles. The van der Waals surface area contributed by atoms with Crippen molar-refractivity contribution in [3.8, 4) is 0 Å². The van der Waals surface area contributed by atoms with Crippen LogP contribution in [0.2, 0.25) is 0 Å². The lowest BCUT2D eigenvalue weighted by Gasteiger charge is -2.18. The van der Waals surface area contributed by atoms with Crippen LogP contribution < -0.4 is 0 Å². The number of allylic oxidation sites excluding steroid dienone is 4. The molecule has 0 aliphatic heterocycles. The molecule has 1 unspecified atom stereocenters. The molecule has 0 spiro atoms. The summed E-state index contributed by atoms with van der Waals surface area (Å²) >= 11 is 0. The highest BCUT2D eigenvalue weighted by Crippen LogP contribution is 2.18. The zero-order chi connectivity index (χ0) is 30.8. The van der Waals surface area contributed by atoms with Gasteiger partial charge in [-0.15, -0.1) is 0 Å². The molecule has 1 N–H and O–H groups in total. The van der Waals surface area contributed by atoms with Crippen molar-refractivity contribution in [3.63, 3.8) is 0 Å². The van der Waals surface area contributed by atoms with Crippen LogP contribution in [0.15, 0.2) is 24.3 Å². The van der Waals surface area contributed by atoms with Gasteiger partial charge in [-0.1, -0.05) is 141 Å². The molecule has 0 saturated carbocycles. The Bertz CT molecular complexity index is 639. The van der Waals surface area contributed by atoms with Crippen molar-refractivity contribution < 1.29 is 19.4 Å². The van der Waals surface area contributed by atoms with Crippen LogP contribution in [0.4, 0.5) is 0 Å². The van der Waals surface area contributed by atoms with Crippen LogP contribution in [-0.2, 0) is 14.3 Å². The monoisotopic (exact) mass is 591 g/mol. The predicted molar refractivity (Wildman–Crippen MR) is 181 cm³/mol. The third kappa shape index (κ3) is 32.9. The Hall–Kier alpha value is -1.58. The summed E-state index contributed by atoms with van der Waals surface area (Å²) in [4.78, 5) is 23.0. The number of carbonyl (C=O) groups is 2. The van der Waals surface area contributed by atoms with Crippen molar-refractivity contribution in [1.82, 2.24) is 0 Å². The van der Waals surface area contributed by atoms with Crippen molar-refractivity contribution in [3.05, 3.63) is 24.3 Å². The van der Waals surface area contributed by atoms with Gasteiger partial charge in [0, 0.05) is 12.8 Å². The second kappa shape index (κ2) is 33.9. The molecule has 0 aliphatic carbocycles. The van der Waals surface area contributed by atoms with Crippen LogP contribution in [0.1, 0.15) is 200 Å². The maximum absolute atomic E-state index is 12.5. The number of rotatable bonds is 33. The predicted octanol–water partition coefficient (Wildman–Crippen LogP) is 12.4. The highest BCUT2D eigenvalue weighted by atomic mass is 16.5. The van der Waals surface area contributed by atoms with Crippen molar-refractivity contribution in [2.24, 2.45) is 0 Å². The third-order valence-corrected chi connectivity index (χ3v) is 8.18. The molecule has 4 nitrogen and oxygen atoms in total. The van der Waals surface area contributed by atoms with Gasteiger partial charge in [-0.3, -0.25) is 9.59 Å². The molecule has 0 bridgehead atoms. The summed E-state index contributed by atoms with van der Waals surface area (Å²) in [6.45, 7) is 4.48. The number of carboxylic acids is 1. The molecule has 1 atom stereocenters. The number of unbranched alkanes of at least 4 members (excludes halogenated alkanes) is 20. The van der Waals surface area contributed by atoms with Gasteiger partial charge in [0.05, 0.1) is 0 Å². The number of ether oxygens (including phenoxy) is 1. The first kappa shape index (κ1) is 40.4. The number of aliphatic carboxylic acids is 1. The summed E-state index contributed by atoms with van der Waals surface area (Å²) in [5.74, 6) is -0.655. The quantitative estimate of drug-likeness (QED) is 0.0469. The normalized spacial score (nSPS) is 12.4. The molecule has 0 saturated heterocycles. The van der Waals surface area contributed by atoms with E-state index in [1.807, 2.05) is 0 Å². The fraction of sp³-hybridized carbons (Fsp3) is 0.842. The van der Waals surface area contributed by atoms with Crippen LogP contribution in [0.5, 0.6) is 0 Å². The zero-order valence-corrected chi connectivity index (χ0v) is 28.1. The fourth-order valence-corrected chi connectivity index (χ4v) is 5.45. The first-order valence-corrected chi connectivity index (χ1v) is 18.3. The molecule has 0 aromatic rings. The first-order valence-electron chi connectivity index (χ1n) is 18.3. The Balaban J connectivity index is 3.77. The van der Waals surface area contributed by atoms with Crippen LogP contribution in [0, 0.1) is 0 Å². The highest BCUT2D eigenvalue weighted by Gasteiger charge is 2.14. The molecule has 0 aromatic carbocycles. The van der Waals surface area contributed by atoms with Gasteiger partial charge in [-0.05, 0) is 70.6 Å². The number of carbonyl (C=O) groups excluding carboxylic acids is 1. The zero-order valence-electron chi connectivity index (χ0n) is 28.1. The summed E-state index contributed by atoms with van der Waals surface area (Å²) < 4.78 is 5.94. The van der Waals surface area contributed by atoms with Gasteiger partial charge >= 0.3 is 11.9 Å². The maximum Gasteiger partial charge on any atom is 0.306 e. The minimum Gasteiger partial charge on any atom is -0.481 e. The second-order valence-electron chi connectivity index (χ2n) is 12.4. The van der Waals surface area contributed by atoms with Gasteiger partial charge in [-0.2, -0.15) is 0 Å². The summed E-state index contributed by atoms with van der Waals surface area (Å²) in [6, 6.07) is 0. The van der Waals surface area contributed by atoms with E-state index < -0.39 is 5.97 Å². The molecular weight excluding hydrogens is 520 g/mol. The lowest BCUT2D eigenvalue weighted by atomic mass is 10.0. The Labute approximate surface area is 261 Å². The Morgan fingerprint density at radius 2 is 0.929 bits per heavy atom. The molecule has 0 radical (unpaired) electrons. The van der Waals surface area contributed by atoms with E-state index in [0.29, 0.717) is 12.8 Å².